The fourth-order valence-corrected chi connectivity index (χ4v) is 3.44. The van der Waals surface area contributed by atoms with Crippen LogP contribution in [0, 0.1) is 6.92 Å². The van der Waals surface area contributed by atoms with Gasteiger partial charge in [-0.15, -0.1) is 0 Å². The van der Waals surface area contributed by atoms with Gasteiger partial charge in [-0.1, -0.05) is 20.3 Å². The summed E-state index contributed by atoms with van der Waals surface area (Å²) in [5.74, 6) is 1.76. The molecule has 0 fully saturated rings. The zero-order valence-electron chi connectivity index (χ0n) is 12.0. The molecule has 0 saturated carbocycles. The van der Waals surface area contributed by atoms with Crippen LogP contribution in [0.25, 0.3) is 0 Å². The van der Waals surface area contributed by atoms with Gasteiger partial charge >= 0.3 is 0 Å². The van der Waals surface area contributed by atoms with E-state index < -0.39 is 0 Å². The van der Waals surface area contributed by atoms with E-state index in [9.17, 15) is 0 Å². The molecule has 0 aliphatic heterocycles. The minimum Gasteiger partial charge on any atom is -0.370 e. The average Bonchev–Trinajstić information content (AvgIpc) is 2.85. The minimum atomic E-state index is 0.813. The van der Waals surface area contributed by atoms with Gasteiger partial charge in [-0.05, 0) is 43.1 Å². The molecule has 108 valence electrons. The van der Waals surface area contributed by atoms with Gasteiger partial charge in [-0.2, -0.15) is 4.37 Å². The molecule has 2 heterocycles. The molecular formula is C13H19N5S2. The average molecular weight is 309 g/mol. The third-order valence-corrected chi connectivity index (χ3v) is 4.53. The van der Waals surface area contributed by atoms with E-state index in [1.54, 1.807) is 18.1 Å². The summed E-state index contributed by atoms with van der Waals surface area (Å²) in [4.78, 5) is 13.2. The smallest absolute Gasteiger partial charge is 0.176 e. The Labute approximate surface area is 127 Å². The third-order valence-electron chi connectivity index (χ3n) is 2.64. The number of anilines is 1. The van der Waals surface area contributed by atoms with Crippen LogP contribution in [0.15, 0.2) is 15.7 Å². The van der Waals surface area contributed by atoms with Crippen molar-refractivity contribution in [2.75, 3.05) is 11.9 Å². The van der Waals surface area contributed by atoms with Crippen molar-refractivity contribution >= 4 is 29.1 Å². The van der Waals surface area contributed by atoms with Crippen LogP contribution in [0.4, 0.5) is 5.82 Å². The molecule has 0 amide bonds. The Bertz CT molecular complexity index is 555. The lowest BCUT2D eigenvalue weighted by Crippen LogP contribution is -2.07. The molecule has 2 aromatic heterocycles. The van der Waals surface area contributed by atoms with E-state index in [4.69, 9.17) is 0 Å². The standard InChI is InChI=1S/C13H19N5S2/c1-4-6-10-11(14-7-5-2)15-8-16-12(10)19-13-17-9(3)18-20-13/h8H,4-7H2,1-3H3,(H,14,15,16). The van der Waals surface area contributed by atoms with Crippen LogP contribution >= 0.6 is 23.3 Å². The summed E-state index contributed by atoms with van der Waals surface area (Å²) in [6.07, 6.45) is 4.73. The van der Waals surface area contributed by atoms with E-state index in [0.29, 0.717) is 0 Å². The molecule has 7 heteroatoms. The highest BCUT2D eigenvalue weighted by atomic mass is 32.2. The fourth-order valence-electron chi connectivity index (χ4n) is 1.76. The quantitative estimate of drug-likeness (QED) is 0.789. The predicted molar refractivity (Wildman–Crippen MR) is 83.6 cm³/mol. The van der Waals surface area contributed by atoms with Crippen molar-refractivity contribution in [2.24, 2.45) is 0 Å². The number of aromatic nitrogens is 4. The lowest BCUT2D eigenvalue weighted by Gasteiger charge is -2.12. The molecule has 20 heavy (non-hydrogen) atoms. The van der Waals surface area contributed by atoms with Gasteiger partial charge in [-0.3, -0.25) is 0 Å². The van der Waals surface area contributed by atoms with E-state index >= 15 is 0 Å². The topological polar surface area (TPSA) is 63.6 Å². The summed E-state index contributed by atoms with van der Waals surface area (Å²) in [6.45, 7) is 7.14. The Hall–Kier alpha value is -1.21. The van der Waals surface area contributed by atoms with Crippen LogP contribution in [-0.2, 0) is 6.42 Å². The van der Waals surface area contributed by atoms with Crippen molar-refractivity contribution in [2.45, 2.75) is 49.4 Å². The third kappa shape index (κ3) is 3.89. The normalized spacial score (nSPS) is 10.8. The molecule has 1 N–H and O–H groups in total. The maximum atomic E-state index is 4.42. The van der Waals surface area contributed by atoms with Gasteiger partial charge in [0, 0.05) is 12.1 Å². The van der Waals surface area contributed by atoms with Crippen LogP contribution in [0.2, 0.25) is 0 Å². The summed E-state index contributed by atoms with van der Waals surface area (Å²) >= 11 is 2.99. The van der Waals surface area contributed by atoms with Gasteiger partial charge in [0.1, 0.15) is 23.0 Å². The van der Waals surface area contributed by atoms with Gasteiger partial charge in [0.05, 0.1) is 0 Å². The van der Waals surface area contributed by atoms with Crippen LogP contribution in [0.3, 0.4) is 0 Å². The molecule has 0 aliphatic rings. The van der Waals surface area contributed by atoms with Gasteiger partial charge < -0.3 is 5.32 Å². The molecule has 0 aliphatic carbocycles. The van der Waals surface area contributed by atoms with Crippen molar-refractivity contribution in [3.8, 4) is 0 Å². The van der Waals surface area contributed by atoms with Crippen LogP contribution in [-0.4, -0.2) is 25.9 Å². The van der Waals surface area contributed by atoms with Gasteiger partial charge in [0.25, 0.3) is 0 Å². The number of hydrogen-bond donors (Lipinski definition) is 1. The first kappa shape index (κ1) is 15.2. The predicted octanol–water partition coefficient (Wildman–Crippen LogP) is 3.56. The second-order valence-corrected chi connectivity index (χ2v) is 6.38. The Morgan fingerprint density at radius 1 is 1.25 bits per heavy atom. The molecule has 0 bridgehead atoms. The zero-order valence-corrected chi connectivity index (χ0v) is 13.6. The summed E-state index contributed by atoms with van der Waals surface area (Å²) in [5, 5.41) is 4.37. The molecule has 2 aromatic rings. The number of rotatable bonds is 7. The molecule has 0 aromatic carbocycles. The zero-order chi connectivity index (χ0) is 14.4. The Morgan fingerprint density at radius 3 is 2.75 bits per heavy atom. The first-order chi connectivity index (χ1) is 9.74. The van der Waals surface area contributed by atoms with Crippen LogP contribution in [0.5, 0.6) is 0 Å². The van der Waals surface area contributed by atoms with E-state index in [1.807, 2.05) is 6.92 Å². The highest BCUT2D eigenvalue weighted by Gasteiger charge is 2.13. The van der Waals surface area contributed by atoms with Crippen molar-refractivity contribution in [3.63, 3.8) is 0 Å². The molecule has 0 unspecified atom stereocenters. The van der Waals surface area contributed by atoms with Crippen molar-refractivity contribution in [3.05, 3.63) is 17.7 Å². The lowest BCUT2D eigenvalue weighted by atomic mass is 10.2. The van der Waals surface area contributed by atoms with E-state index in [0.717, 1.165) is 46.8 Å². The molecule has 2 rings (SSSR count). The lowest BCUT2D eigenvalue weighted by molar-refractivity contribution is 0.848. The largest absolute Gasteiger partial charge is 0.370 e. The summed E-state index contributed by atoms with van der Waals surface area (Å²) in [6, 6.07) is 0. The van der Waals surface area contributed by atoms with E-state index in [-0.39, 0.29) is 0 Å². The maximum Gasteiger partial charge on any atom is 0.176 e. The highest BCUT2D eigenvalue weighted by molar-refractivity contribution is 8.00. The molecule has 0 spiro atoms. The number of aryl methyl sites for hydroxylation is 1. The Morgan fingerprint density at radius 2 is 2.10 bits per heavy atom. The molecule has 0 atom stereocenters. The first-order valence-corrected chi connectivity index (χ1v) is 8.39. The maximum absolute atomic E-state index is 4.42. The van der Waals surface area contributed by atoms with Gasteiger partial charge in [-0.25, -0.2) is 15.0 Å². The summed E-state index contributed by atoms with van der Waals surface area (Å²) in [5.41, 5.74) is 1.18. The highest BCUT2D eigenvalue weighted by Crippen LogP contribution is 2.32. The van der Waals surface area contributed by atoms with Crippen LogP contribution < -0.4 is 5.32 Å². The number of hydrogen-bond acceptors (Lipinski definition) is 7. The van der Waals surface area contributed by atoms with Gasteiger partial charge in [0.2, 0.25) is 0 Å². The second kappa shape index (κ2) is 7.54. The first-order valence-electron chi connectivity index (χ1n) is 6.80. The molecule has 0 saturated heterocycles. The van der Waals surface area contributed by atoms with Crippen molar-refractivity contribution in [1.29, 1.82) is 0 Å². The molecular weight excluding hydrogens is 290 g/mol. The molecule has 5 nitrogen and oxygen atoms in total. The van der Waals surface area contributed by atoms with E-state index in [2.05, 4.69) is 38.5 Å². The number of nitrogens with zero attached hydrogens (tertiary/aromatic N) is 4. The van der Waals surface area contributed by atoms with Crippen LogP contribution in [0.1, 0.15) is 38.1 Å². The molecule has 0 radical (unpaired) electrons. The second-order valence-electron chi connectivity index (χ2n) is 4.39. The van der Waals surface area contributed by atoms with Crippen molar-refractivity contribution < 1.29 is 0 Å². The minimum absolute atomic E-state index is 0.813. The van der Waals surface area contributed by atoms with Gasteiger partial charge in [0.15, 0.2) is 4.34 Å². The fraction of sp³-hybridized carbons (Fsp3) is 0.538. The summed E-state index contributed by atoms with van der Waals surface area (Å²) < 4.78 is 5.14. The summed E-state index contributed by atoms with van der Waals surface area (Å²) in [7, 11) is 0. The monoisotopic (exact) mass is 309 g/mol. The van der Waals surface area contributed by atoms with E-state index in [1.165, 1.54) is 17.1 Å². The Balaban J connectivity index is 2.25. The Kier molecular flexibility index (Phi) is 5.72. The van der Waals surface area contributed by atoms with Crippen molar-refractivity contribution in [1.82, 2.24) is 19.3 Å². The number of nitrogens with one attached hydrogen (secondary N) is 1. The SMILES string of the molecule is CCCNc1ncnc(Sc2nc(C)ns2)c1CCC.